The van der Waals surface area contributed by atoms with Crippen molar-refractivity contribution in [2.24, 2.45) is 0 Å². The number of hydrogen-bond acceptors (Lipinski definition) is 9. The number of aryl methyl sites for hydroxylation is 2. The van der Waals surface area contributed by atoms with Gasteiger partial charge < -0.3 is 39.1 Å². The Hall–Kier alpha value is -5.05. The van der Waals surface area contributed by atoms with Crippen molar-refractivity contribution in [3.8, 4) is 56.8 Å². The van der Waals surface area contributed by atoms with Crippen LogP contribution in [0.25, 0.3) is 22.3 Å². The lowest BCUT2D eigenvalue weighted by Gasteiger charge is -2.20. The second kappa shape index (κ2) is 13.5. The lowest BCUT2D eigenvalue weighted by atomic mass is 9.93. The van der Waals surface area contributed by atoms with Crippen LogP contribution >= 0.6 is 0 Å². The molecule has 0 bridgehead atoms. The topological polar surface area (TPSA) is 96.5 Å². The zero-order valence-corrected chi connectivity index (χ0v) is 27.0. The highest BCUT2D eigenvalue weighted by Crippen LogP contribution is 2.49. The molecule has 0 atom stereocenters. The van der Waals surface area contributed by atoms with Crippen molar-refractivity contribution in [1.82, 2.24) is 0 Å². The Morgan fingerprint density at radius 1 is 0.523 bits per heavy atom. The molecule has 0 saturated carbocycles. The molecule has 0 radical (unpaired) electrons. The molecule has 4 aromatic rings. The SMILES string of the molecule is CNc1cc(-c2c(OC)cc(C)c(OC)c2OC)ccc1C(=O)c1ccc(-c2c(OC)cc(C)c(OC)c2OC)cc1NC. The zero-order valence-electron chi connectivity index (χ0n) is 27.0. The summed E-state index contributed by atoms with van der Waals surface area (Å²) in [6, 6.07) is 15.0. The van der Waals surface area contributed by atoms with Crippen molar-refractivity contribution in [1.29, 1.82) is 0 Å². The number of methoxy groups -OCH3 is 6. The molecule has 0 spiro atoms. The number of benzene rings is 4. The van der Waals surface area contributed by atoms with Gasteiger partial charge in [-0.05, 0) is 72.5 Å². The molecule has 0 heterocycles. The van der Waals surface area contributed by atoms with Crippen LogP contribution in [0.3, 0.4) is 0 Å². The molecule has 0 aliphatic carbocycles. The maximum atomic E-state index is 14.1. The molecule has 2 N–H and O–H groups in total. The lowest BCUT2D eigenvalue weighted by Crippen LogP contribution is -2.09. The van der Waals surface area contributed by atoms with Crippen LogP contribution in [0.4, 0.5) is 11.4 Å². The first-order valence-corrected chi connectivity index (χ1v) is 14.0. The Bertz CT molecular complexity index is 1570. The van der Waals surface area contributed by atoms with Gasteiger partial charge in [0.25, 0.3) is 0 Å². The molecule has 9 nitrogen and oxygen atoms in total. The smallest absolute Gasteiger partial charge is 0.197 e. The fourth-order valence-electron chi connectivity index (χ4n) is 5.60. The summed E-state index contributed by atoms with van der Waals surface area (Å²) < 4.78 is 34.3. The van der Waals surface area contributed by atoms with Gasteiger partial charge in [0.15, 0.2) is 28.8 Å². The first kappa shape index (κ1) is 31.9. The number of rotatable bonds is 12. The number of carbonyl (C=O) groups is 1. The van der Waals surface area contributed by atoms with Gasteiger partial charge in [0.1, 0.15) is 11.5 Å². The zero-order chi connectivity index (χ0) is 32.1. The monoisotopic (exact) mass is 600 g/mol. The van der Waals surface area contributed by atoms with Gasteiger partial charge in [0.2, 0.25) is 0 Å². The summed E-state index contributed by atoms with van der Waals surface area (Å²) >= 11 is 0. The van der Waals surface area contributed by atoms with E-state index in [-0.39, 0.29) is 5.78 Å². The van der Waals surface area contributed by atoms with E-state index in [0.717, 1.165) is 33.4 Å². The molecule has 0 aliphatic heterocycles. The van der Waals surface area contributed by atoms with Crippen LogP contribution in [0.15, 0.2) is 48.5 Å². The van der Waals surface area contributed by atoms with Gasteiger partial charge in [-0.25, -0.2) is 0 Å². The average molecular weight is 601 g/mol. The van der Waals surface area contributed by atoms with Gasteiger partial charge in [-0.3, -0.25) is 4.79 Å². The van der Waals surface area contributed by atoms with E-state index in [9.17, 15) is 4.79 Å². The Morgan fingerprint density at radius 2 is 0.886 bits per heavy atom. The summed E-state index contributed by atoms with van der Waals surface area (Å²) in [7, 11) is 13.2. The van der Waals surface area contributed by atoms with Crippen LogP contribution < -0.4 is 39.1 Å². The molecule has 0 aliphatic rings. The van der Waals surface area contributed by atoms with Crippen molar-refractivity contribution in [2.75, 3.05) is 67.4 Å². The van der Waals surface area contributed by atoms with Crippen LogP contribution in [-0.2, 0) is 0 Å². The summed E-state index contributed by atoms with van der Waals surface area (Å²) in [6.45, 7) is 3.86. The van der Waals surface area contributed by atoms with Crippen LogP contribution in [0.1, 0.15) is 27.0 Å². The minimum atomic E-state index is -0.155. The summed E-state index contributed by atoms with van der Waals surface area (Å²) in [6.07, 6.45) is 0. The van der Waals surface area contributed by atoms with Gasteiger partial charge in [-0.2, -0.15) is 0 Å². The second-order valence-electron chi connectivity index (χ2n) is 10.0. The molecule has 4 aromatic carbocycles. The Balaban J connectivity index is 1.84. The van der Waals surface area contributed by atoms with E-state index < -0.39 is 0 Å². The third-order valence-electron chi connectivity index (χ3n) is 7.67. The maximum Gasteiger partial charge on any atom is 0.197 e. The molecule has 0 aromatic heterocycles. The summed E-state index contributed by atoms with van der Waals surface area (Å²) in [5.41, 5.74) is 7.12. The predicted octanol–water partition coefficient (Wildman–Crippen LogP) is 7.00. The van der Waals surface area contributed by atoms with E-state index in [1.165, 1.54) is 0 Å². The number of ketones is 1. The Morgan fingerprint density at radius 3 is 1.18 bits per heavy atom. The molecular weight excluding hydrogens is 560 g/mol. The van der Waals surface area contributed by atoms with E-state index in [0.29, 0.717) is 57.0 Å². The molecule has 0 unspecified atom stereocenters. The summed E-state index contributed by atoms with van der Waals surface area (Å²) in [5.74, 6) is 3.45. The predicted molar refractivity (Wildman–Crippen MR) is 175 cm³/mol. The average Bonchev–Trinajstić information content (AvgIpc) is 3.05. The van der Waals surface area contributed by atoms with E-state index in [1.807, 2.05) is 50.2 Å². The number of carbonyl (C=O) groups excluding carboxylic acids is 1. The normalized spacial score (nSPS) is 10.6. The number of anilines is 2. The van der Waals surface area contributed by atoms with Crippen LogP contribution in [0, 0.1) is 13.8 Å². The van der Waals surface area contributed by atoms with Crippen LogP contribution in [0.5, 0.6) is 34.5 Å². The van der Waals surface area contributed by atoms with Crippen molar-refractivity contribution >= 4 is 17.2 Å². The highest BCUT2D eigenvalue weighted by atomic mass is 16.5. The van der Waals surface area contributed by atoms with E-state index in [2.05, 4.69) is 10.6 Å². The molecular formula is C35H40N2O7. The van der Waals surface area contributed by atoms with Gasteiger partial charge >= 0.3 is 0 Å². The quantitative estimate of drug-likeness (QED) is 0.167. The summed E-state index contributed by atoms with van der Waals surface area (Å²) in [4.78, 5) is 14.1. The Labute approximate surface area is 259 Å². The molecule has 4 rings (SSSR count). The largest absolute Gasteiger partial charge is 0.496 e. The first-order chi connectivity index (χ1) is 21.2. The highest BCUT2D eigenvalue weighted by Gasteiger charge is 2.25. The fourth-order valence-corrected chi connectivity index (χ4v) is 5.60. The van der Waals surface area contributed by atoms with Gasteiger partial charge in [0, 0.05) is 36.6 Å². The number of hydrogen-bond donors (Lipinski definition) is 2. The van der Waals surface area contributed by atoms with Gasteiger partial charge in [-0.1, -0.05) is 12.1 Å². The fraction of sp³-hybridized carbons (Fsp3) is 0.286. The van der Waals surface area contributed by atoms with Crippen LogP contribution in [0.2, 0.25) is 0 Å². The Kier molecular flexibility index (Phi) is 9.78. The number of ether oxygens (including phenoxy) is 6. The van der Waals surface area contributed by atoms with Crippen molar-refractivity contribution in [3.05, 3.63) is 70.8 Å². The lowest BCUT2D eigenvalue weighted by molar-refractivity contribution is 0.104. The standard InChI is InChI=1S/C35H40N2O7/c1-19-15-27(39-5)29(34(43-9)32(19)41-7)21-11-13-23(25(17-21)36-3)31(38)24-14-12-22(18-26(24)37-4)30-28(40-6)16-20(2)33(42-8)35(30)44-10/h11-18,36-37H,1-10H3. The van der Waals surface area contributed by atoms with Crippen LogP contribution in [-0.4, -0.2) is 62.5 Å². The third-order valence-corrected chi connectivity index (χ3v) is 7.67. The molecule has 232 valence electrons. The van der Waals surface area contributed by atoms with Crippen molar-refractivity contribution in [2.45, 2.75) is 13.8 Å². The first-order valence-electron chi connectivity index (χ1n) is 14.0. The number of nitrogens with one attached hydrogen (secondary N) is 2. The molecule has 44 heavy (non-hydrogen) atoms. The van der Waals surface area contributed by atoms with Crippen molar-refractivity contribution in [3.63, 3.8) is 0 Å². The molecule has 9 heteroatoms. The second-order valence-corrected chi connectivity index (χ2v) is 10.0. The third kappa shape index (κ3) is 5.53. The summed E-state index contributed by atoms with van der Waals surface area (Å²) in [5, 5.41) is 6.39. The van der Waals surface area contributed by atoms with Gasteiger partial charge in [-0.15, -0.1) is 0 Å². The van der Waals surface area contributed by atoms with E-state index in [1.54, 1.807) is 68.9 Å². The van der Waals surface area contributed by atoms with E-state index >= 15 is 0 Å². The minimum Gasteiger partial charge on any atom is -0.496 e. The molecule has 0 fully saturated rings. The van der Waals surface area contributed by atoms with Crippen molar-refractivity contribution < 1.29 is 33.2 Å². The van der Waals surface area contributed by atoms with E-state index in [4.69, 9.17) is 28.4 Å². The highest BCUT2D eigenvalue weighted by molar-refractivity contribution is 6.16. The molecule has 0 saturated heterocycles. The minimum absolute atomic E-state index is 0.155. The maximum absolute atomic E-state index is 14.1. The molecule has 0 amide bonds. The van der Waals surface area contributed by atoms with Gasteiger partial charge in [0.05, 0.1) is 53.8 Å².